The van der Waals surface area contributed by atoms with Crippen molar-refractivity contribution in [2.24, 2.45) is 5.92 Å². The van der Waals surface area contributed by atoms with E-state index in [0.717, 1.165) is 26.1 Å². The fraction of sp³-hybridized carbons (Fsp3) is 0.750. The molecule has 0 aromatic carbocycles. The maximum atomic E-state index is 10.1. The Labute approximate surface area is 127 Å². The summed E-state index contributed by atoms with van der Waals surface area (Å²) in [5.41, 5.74) is 0. The highest BCUT2D eigenvalue weighted by molar-refractivity contribution is 7.11. The molecule has 116 valence electrons. The molecule has 0 radical (unpaired) electrons. The summed E-state index contributed by atoms with van der Waals surface area (Å²) in [6.07, 6.45) is 0.700. The van der Waals surface area contributed by atoms with Crippen LogP contribution in [0.25, 0.3) is 0 Å². The number of thiophene rings is 1. The summed E-state index contributed by atoms with van der Waals surface area (Å²) in [4.78, 5) is 5.03. The van der Waals surface area contributed by atoms with Crippen molar-refractivity contribution in [3.05, 3.63) is 21.9 Å². The predicted octanol–water partition coefficient (Wildman–Crippen LogP) is 3.30. The minimum absolute atomic E-state index is 0.402. The van der Waals surface area contributed by atoms with Gasteiger partial charge in [-0.3, -0.25) is 4.90 Å². The summed E-state index contributed by atoms with van der Waals surface area (Å²) < 4.78 is 5.52. The van der Waals surface area contributed by atoms with Crippen LogP contribution in [0.15, 0.2) is 12.1 Å². The quantitative estimate of drug-likeness (QED) is 0.719. The summed E-state index contributed by atoms with van der Waals surface area (Å²) in [6.45, 7) is 12.3. The first-order valence-electron chi connectivity index (χ1n) is 7.54. The van der Waals surface area contributed by atoms with Gasteiger partial charge in [0.25, 0.3) is 0 Å². The normalized spacial score (nSPS) is 13.3. The summed E-state index contributed by atoms with van der Waals surface area (Å²) >= 11 is 1.84. The molecule has 1 atom stereocenters. The number of aryl methyl sites for hydroxylation is 1. The van der Waals surface area contributed by atoms with E-state index in [2.05, 4.69) is 44.7 Å². The van der Waals surface area contributed by atoms with Crippen LogP contribution in [-0.2, 0) is 11.3 Å². The zero-order valence-electron chi connectivity index (χ0n) is 13.3. The van der Waals surface area contributed by atoms with Gasteiger partial charge in [0.1, 0.15) is 0 Å². The van der Waals surface area contributed by atoms with Crippen molar-refractivity contribution in [2.75, 3.05) is 26.3 Å². The molecule has 3 nitrogen and oxygen atoms in total. The van der Waals surface area contributed by atoms with Crippen LogP contribution in [0, 0.1) is 12.8 Å². The van der Waals surface area contributed by atoms with Crippen LogP contribution in [0.3, 0.4) is 0 Å². The maximum Gasteiger partial charge on any atom is 0.0900 e. The van der Waals surface area contributed by atoms with Crippen LogP contribution >= 0.6 is 11.3 Å². The second-order valence-electron chi connectivity index (χ2n) is 5.83. The fourth-order valence-corrected chi connectivity index (χ4v) is 3.06. The first kappa shape index (κ1) is 17.6. The Morgan fingerprint density at radius 2 is 2.05 bits per heavy atom. The lowest BCUT2D eigenvalue weighted by molar-refractivity contribution is 0.00706. The average molecular weight is 299 g/mol. The third kappa shape index (κ3) is 7.39. The van der Waals surface area contributed by atoms with Crippen molar-refractivity contribution in [2.45, 2.75) is 46.8 Å². The molecule has 4 heteroatoms. The second-order valence-corrected chi connectivity index (χ2v) is 7.21. The minimum atomic E-state index is -0.402. The van der Waals surface area contributed by atoms with Gasteiger partial charge in [-0.2, -0.15) is 0 Å². The highest BCUT2D eigenvalue weighted by Gasteiger charge is 2.13. The van der Waals surface area contributed by atoms with E-state index in [0.29, 0.717) is 19.1 Å². The van der Waals surface area contributed by atoms with Gasteiger partial charge in [-0.05, 0) is 37.9 Å². The lowest BCUT2D eigenvalue weighted by atomic mass is 10.2. The molecule has 0 amide bonds. The number of hydrogen-bond acceptors (Lipinski definition) is 4. The molecule has 0 fully saturated rings. The maximum absolute atomic E-state index is 10.1. The Bertz CT molecular complexity index is 365. The smallest absolute Gasteiger partial charge is 0.0900 e. The average Bonchev–Trinajstić information content (AvgIpc) is 2.74. The van der Waals surface area contributed by atoms with E-state index in [1.807, 2.05) is 11.3 Å². The summed E-state index contributed by atoms with van der Waals surface area (Å²) in [6, 6.07) is 4.34. The van der Waals surface area contributed by atoms with Gasteiger partial charge in [-0.15, -0.1) is 11.3 Å². The van der Waals surface area contributed by atoms with Crippen molar-refractivity contribution < 1.29 is 9.84 Å². The van der Waals surface area contributed by atoms with Crippen LogP contribution < -0.4 is 0 Å². The second kappa shape index (κ2) is 9.50. The van der Waals surface area contributed by atoms with Crippen molar-refractivity contribution in [1.29, 1.82) is 0 Å². The largest absolute Gasteiger partial charge is 0.389 e. The third-order valence-electron chi connectivity index (χ3n) is 2.95. The standard InChI is InChI=1S/C16H29NO2S/c1-5-8-17(10-16-7-6-14(4)20-16)9-15(18)12-19-11-13(2)3/h6-7,13,15,18H,5,8-12H2,1-4H3/t15-/m1/s1. The fourth-order valence-electron chi connectivity index (χ4n) is 2.13. The SMILES string of the molecule is CCCN(Cc1ccc(C)s1)C[C@@H](O)COCC(C)C. The van der Waals surface area contributed by atoms with Crippen LogP contribution in [0.5, 0.6) is 0 Å². The number of hydrogen-bond donors (Lipinski definition) is 1. The molecule has 1 rings (SSSR count). The number of nitrogens with zero attached hydrogens (tertiary/aromatic N) is 1. The lowest BCUT2D eigenvalue weighted by Gasteiger charge is -2.24. The van der Waals surface area contributed by atoms with Gasteiger partial charge in [0.2, 0.25) is 0 Å². The summed E-state index contributed by atoms with van der Waals surface area (Å²) in [5.74, 6) is 0.517. The molecular formula is C16H29NO2S. The molecule has 0 aliphatic carbocycles. The molecule has 1 heterocycles. The number of ether oxygens (including phenoxy) is 1. The van der Waals surface area contributed by atoms with Crippen molar-refractivity contribution in [3.63, 3.8) is 0 Å². The van der Waals surface area contributed by atoms with Gasteiger partial charge < -0.3 is 9.84 Å². The highest BCUT2D eigenvalue weighted by atomic mass is 32.1. The van der Waals surface area contributed by atoms with Gasteiger partial charge in [0.05, 0.1) is 12.7 Å². The van der Waals surface area contributed by atoms with E-state index in [-0.39, 0.29) is 0 Å². The summed E-state index contributed by atoms with van der Waals surface area (Å²) in [7, 11) is 0. The first-order chi connectivity index (χ1) is 9.51. The number of rotatable bonds is 10. The van der Waals surface area contributed by atoms with Crippen LogP contribution in [0.2, 0.25) is 0 Å². The molecule has 0 aliphatic heterocycles. The Morgan fingerprint density at radius 1 is 1.30 bits per heavy atom. The molecule has 20 heavy (non-hydrogen) atoms. The van der Waals surface area contributed by atoms with E-state index >= 15 is 0 Å². The number of aliphatic hydroxyl groups excluding tert-OH is 1. The lowest BCUT2D eigenvalue weighted by Crippen LogP contribution is -2.35. The van der Waals surface area contributed by atoms with E-state index in [4.69, 9.17) is 4.74 Å². The van der Waals surface area contributed by atoms with Crippen LogP contribution in [0.1, 0.15) is 36.9 Å². The molecular weight excluding hydrogens is 270 g/mol. The molecule has 1 aromatic rings. The van der Waals surface area contributed by atoms with Gasteiger partial charge >= 0.3 is 0 Å². The third-order valence-corrected chi connectivity index (χ3v) is 3.93. The van der Waals surface area contributed by atoms with Gasteiger partial charge in [0.15, 0.2) is 0 Å². The Kier molecular flexibility index (Phi) is 8.38. The molecule has 1 N–H and O–H groups in total. The van der Waals surface area contributed by atoms with Gasteiger partial charge in [-0.25, -0.2) is 0 Å². The number of aliphatic hydroxyl groups is 1. The zero-order chi connectivity index (χ0) is 15.0. The summed E-state index contributed by atoms with van der Waals surface area (Å²) in [5, 5.41) is 10.1. The molecule has 0 bridgehead atoms. The monoisotopic (exact) mass is 299 g/mol. The molecule has 0 unspecified atom stereocenters. The van der Waals surface area contributed by atoms with Crippen LogP contribution in [0.4, 0.5) is 0 Å². The van der Waals surface area contributed by atoms with Crippen molar-refractivity contribution in [3.8, 4) is 0 Å². The molecule has 1 aromatic heterocycles. The van der Waals surface area contributed by atoms with E-state index < -0.39 is 6.10 Å². The van der Waals surface area contributed by atoms with Crippen molar-refractivity contribution >= 4 is 11.3 Å². The first-order valence-corrected chi connectivity index (χ1v) is 8.36. The van der Waals surface area contributed by atoms with E-state index in [1.165, 1.54) is 9.75 Å². The predicted molar refractivity (Wildman–Crippen MR) is 86.3 cm³/mol. The highest BCUT2D eigenvalue weighted by Crippen LogP contribution is 2.17. The Balaban J connectivity index is 2.37. The Morgan fingerprint density at radius 3 is 2.60 bits per heavy atom. The molecule has 0 spiro atoms. The van der Waals surface area contributed by atoms with Crippen molar-refractivity contribution in [1.82, 2.24) is 4.90 Å². The molecule has 0 saturated heterocycles. The molecule has 0 saturated carbocycles. The van der Waals surface area contributed by atoms with E-state index in [1.54, 1.807) is 0 Å². The topological polar surface area (TPSA) is 32.7 Å². The zero-order valence-corrected chi connectivity index (χ0v) is 14.1. The van der Waals surface area contributed by atoms with E-state index in [9.17, 15) is 5.11 Å². The van der Waals surface area contributed by atoms with Gasteiger partial charge in [-0.1, -0.05) is 20.8 Å². The van der Waals surface area contributed by atoms with Gasteiger partial charge in [0, 0.05) is 29.5 Å². The molecule has 0 aliphatic rings. The minimum Gasteiger partial charge on any atom is -0.389 e. The Hall–Kier alpha value is -0.420. The van der Waals surface area contributed by atoms with Crippen LogP contribution in [-0.4, -0.2) is 42.4 Å².